The molecule has 0 unspecified atom stereocenters. The minimum absolute atomic E-state index is 0.124. The number of halogens is 1. The van der Waals surface area contributed by atoms with Gasteiger partial charge in [-0.2, -0.15) is 0 Å². The molecule has 2 atom stereocenters. The number of nitrogens with zero attached hydrogens (tertiary/aromatic N) is 1. The zero-order valence-electron chi connectivity index (χ0n) is 15.2. The molecular weight excluding hydrogens is 361 g/mol. The Morgan fingerprint density at radius 1 is 1.19 bits per heavy atom. The fourth-order valence-electron chi connectivity index (χ4n) is 3.83. The number of rotatable bonds is 4. The molecule has 0 spiro atoms. The topological polar surface area (TPSA) is 44.4 Å². The van der Waals surface area contributed by atoms with Crippen LogP contribution in [0.3, 0.4) is 0 Å². The molecule has 2 amide bonds. The number of amides is 2. The molecule has 2 aromatic rings. The second-order valence-corrected chi connectivity index (χ2v) is 8.30. The van der Waals surface area contributed by atoms with Crippen LogP contribution in [-0.4, -0.2) is 31.4 Å². The smallest absolute Gasteiger partial charge is 0.315 e. The number of carbonyl (C=O) groups excluding carboxylic acids is 1. The molecule has 0 radical (unpaired) electrons. The lowest BCUT2D eigenvalue weighted by atomic mass is 10.0. The van der Waals surface area contributed by atoms with Gasteiger partial charge in [0.25, 0.3) is 0 Å². The van der Waals surface area contributed by atoms with E-state index in [-0.39, 0.29) is 17.9 Å². The Morgan fingerprint density at radius 3 is 2.89 bits per heavy atom. The van der Waals surface area contributed by atoms with Crippen molar-refractivity contribution in [3.63, 3.8) is 0 Å². The number of benzene rings is 2. The van der Waals surface area contributed by atoms with E-state index in [0.717, 1.165) is 42.1 Å². The molecule has 0 bridgehead atoms. The number of carbonyl (C=O) groups is 1. The van der Waals surface area contributed by atoms with E-state index < -0.39 is 0 Å². The predicted molar refractivity (Wildman–Crippen MR) is 108 cm³/mol. The molecule has 0 aromatic heterocycles. The summed E-state index contributed by atoms with van der Waals surface area (Å²) in [4.78, 5) is 15.8. The van der Waals surface area contributed by atoms with Crippen molar-refractivity contribution in [2.75, 3.05) is 30.3 Å². The number of fused-ring (bicyclic) bond motifs is 1. The number of anilines is 1. The zero-order valence-corrected chi connectivity index (χ0v) is 16.0. The van der Waals surface area contributed by atoms with Crippen LogP contribution in [0.25, 0.3) is 0 Å². The minimum atomic E-state index is -0.254. The quantitative estimate of drug-likeness (QED) is 0.830. The molecule has 1 fully saturated rings. The van der Waals surface area contributed by atoms with Crippen LogP contribution in [0.2, 0.25) is 0 Å². The second kappa shape index (κ2) is 8.21. The second-order valence-electron chi connectivity index (χ2n) is 7.16. The lowest BCUT2D eigenvalue weighted by Crippen LogP contribution is -2.41. The first-order valence-corrected chi connectivity index (χ1v) is 10.4. The van der Waals surface area contributed by atoms with Crippen LogP contribution in [0.15, 0.2) is 53.4 Å². The van der Waals surface area contributed by atoms with Crippen LogP contribution in [0.5, 0.6) is 0 Å². The third-order valence-electron chi connectivity index (χ3n) is 5.28. The predicted octanol–water partition coefficient (Wildman–Crippen LogP) is 4.19. The highest BCUT2D eigenvalue weighted by Gasteiger charge is 2.25. The maximum absolute atomic E-state index is 13.6. The van der Waals surface area contributed by atoms with E-state index in [0.29, 0.717) is 12.5 Å². The normalized spacial score (nSPS) is 21.6. The van der Waals surface area contributed by atoms with Gasteiger partial charge in [-0.15, -0.1) is 11.8 Å². The van der Waals surface area contributed by atoms with Crippen molar-refractivity contribution in [2.24, 2.45) is 5.92 Å². The monoisotopic (exact) mass is 385 g/mol. The molecule has 4 rings (SSSR count). The molecule has 2 aliphatic heterocycles. The van der Waals surface area contributed by atoms with Gasteiger partial charge in [0.2, 0.25) is 0 Å². The Balaban J connectivity index is 1.28. The molecule has 142 valence electrons. The number of hydrogen-bond donors (Lipinski definition) is 2. The summed E-state index contributed by atoms with van der Waals surface area (Å²) in [5.74, 6) is 1.12. The lowest BCUT2D eigenvalue weighted by molar-refractivity contribution is 0.235. The highest BCUT2D eigenvalue weighted by molar-refractivity contribution is 7.99. The van der Waals surface area contributed by atoms with Crippen molar-refractivity contribution in [3.05, 3.63) is 59.9 Å². The van der Waals surface area contributed by atoms with Crippen LogP contribution in [-0.2, 0) is 0 Å². The van der Waals surface area contributed by atoms with E-state index in [1.807, 2.05) is 6.07 Å². The number of nitrogens with one attached hydrogen (secondary N) is 2. The lowest BCUT2D eigenvalue weighted by Gasteiger charge is -2.26. The molecule has 1 saturated heterocycles. The maximum atomic E-state index is 13.6. The summed E-state index contributed by atoms with van der Waals surface area (Å²) in [7, 11) is 0. The molecule has 6 heteroatoms. The van der Waals surface area contributed by atoms with Crippen molar-refractivity contribution >= 4 is 23.5 Å². The summed E-state index contributed by atoms with van der Waals surface area (Å²) in [6.45, 7) is 2.63. The highest BCUT2D eigenvalue weighted by atomic mass is 32.2. The van der Waals surface area contributed by atoms with Gasteiger partial charge in [0, 0.05) is 36.0 Å². The van der Waals surface area contributed by atoms with E-state index >= 15 is 0 Å². The maximum Gasteiger partial charge on any atom is 0.315 e. The molecule has 2 heterocycles. The SMILES string of the molecule is O=C(NC[C@@H]1CCN(c2ccccc2)C1)N[C@H]1CCSc2ccc(F)cc21. The number of thioether (sulfide) groups is 1. The molecular formula is C21H24FN3OS. The van der Waals surface area contributed by atoms with Gasteiger partial charge in [-0.05, 0) is 54.7 Å². The average Bonchev–Trinajstić information content (AvgIpc) is 3.17. The minimum Gasteiger partial charge on any atom is -0.371 e. The van der Waals surface area contributed by atoms with Gasteiger partial charge in [-0.1, -0.05) is 18.2 Å². The fourth-order valence-corrected chi connectivity index (χ4v) is 4.94. The molecule has 0 saturated carbocycles. The Morgan fingerprint density at radius 2 is 2.04 bits per heavy atom. The Labute approximate surface area is 163 Å². The van der Waals surface area contributed by atoms with Crippen LogP contribution in [0, 0.1) is 11.7 Å². The number of para-hydroxylation sites is 1. The van der Waals surface area contributed by atoms with Gasteiger partial charge in [0.15, 0.2) is 0 Å². The Bertz CT molecular complexity index is 801. The summed E-state index contributed by atoms with van der Waals surface area (Å²) in [6, 6.07) is 14.9. The van der Waals surface area contributed by atoms with Crippen LogP contribution in [0.1, 0.15) is 24.4 Å². The van der Waals surface area contributed by atoms with Gasteiger partial charge >= 0.3 is 6.03 Å². The molecule has 4 nitrogen and oxygen atoms in total. The molecule has 2 aromatic carbocycles. The van der Waals surface area contributed by atoms with E-state index in [1.54, 1.807) is 23.9 Å². The summed E-state index contributed by atoms with van der Waals surface area (Å²) in [5, 5.41) is 6.04. The van der Waals surface area contributed by atoms with E-state index in [4.69, 9.17) is 0 Å². The number of urea groups is 1. The summed E-state index contributed by atoms with van der Waals surface area (Å²) in [6.07, 6.45) is 1.89. The van der Waals surface area contributed by atoms with Crippen LogP contribution >= 0.6 is 11.8 Å². The van der Waals surface area contributed by atoms with Crippen molar-refractivity contribution in [1.82, 2.24) is 10.6 Å². The first kappa shape index (κ1) is 18.2. The Kier molecular flexibility index (Phi) is 5.53. The number of hydrogen-bond acceptors (Lipinski definition) is 3. The van der Waals surface area contributed by atoms with Gasteiger partial charge in [0.05, 0.1) is 6.04 Å². The molecule has 2 N–H and O–H groups in total. The van der Waals surface area contributed by atoms with Gasteiger partial charge in [-0.25, -0.2) is 9.18 Å². The first-order valence-electron chi connectivity index (χ1n) is 9.45. The van der Waals surface area contributed by atoms with E-state index in [2.05, 4.69) is 39.8 Å². The van der Waals surface area contributed by atoms with Gasteiger partial charge in [-0.3, -0.25) is 0 Å². The molecule has 0 aliphatic carbocycles. The molecule has 2 aliphatic rings. The third-order valence-corrected chi connectivity index (χ3v) is 6.40. The first-order chi connectivity index (χ1) is 13.2. The van der Waals surface area contributed by atoms with E-state index in [9.17, 15) is 9.18 Å². The highest BCUT2D eigenvalue weighted by Crippen LogP contribution is 2.36. The van der Waals surface area contributed by atoms with Crippen molar-refractivity contribution in [2.45, 2.75) is 23.8 Å². The molecule has 27 heavy (non-hydrogen) atoms. The fraction of sp³-hybridized carbons (Fsp3) is 0.381. The van der Waals surface area contributed by atoms with Crippen molar-refractivity contribution < 1.29 is 9.18 Å². The van der Waals surface area contributed by atoms with Crippen LogP contribution < -0.4 is 15.5 Å². The van der Waals surface area contributed by atoms with Crippen LogP contribution in [0.4, 0.5) is 14.9 Å². The van der Waals surface area contributed by atoms with Crippen molar-refractivity contribution in [1.29, 1.82) is 0 Å². The standard InChI is InChI=1S/C21H24FN3OS/c22-16-6-7-20-18(12-16)19(9-11-27-20)24-21(26)23-13-15-8-10-25(14-15)17-4-2-1-3-5-17/h1-7,12,15,19H,8-11,13-14H2,(H2,23,24,26)/t15-,19-/m0/s1. The average molecular weight is 386 g/mol. The largest absolute Gasteiger partial charge is 0.371 e. The summed E-state index contributed by atoms with van der Waals surface area (Å²) >= 11 is 1.72. The summed E-state index contributed by atoms with van der Waals surface area (Å²) < 4.78 is 13.6. The van der Waals surface area contributed by atoms with E-state index in [1.165, 1.54) is 11.8 Å². The summed E-state index contributed by atoms with van der Waals surface area (Å²) in [5.41, 5.74) is 2.13. The third kappa shape index (κ3) is 4.38. The Hall–Kier alpha value is -2.21. The zero-order chi connectivity index (χ0) is 18.6. The van der Waals surface area contributed by atoms with Gasteiger partial charge in [0.1, 0.15) is 5.82 Å². The van der Waals surface area contributed by atoms with Crippen molar-refractivity contribution in [3.8, 4) is 0 Å². The van der Waals surface area contributed by atoms with Gasteiger partial charge < -0.3 is 15.5 Å².